The molecule has 6 heteroatoms. The van der Waals surface area contributed by atoms with Gasteiger partial charge in [-0.2, -0.15) is 0 Å². The van der Waals surface area contributed by atoms with Crippen LogP contribution in [0.2, 0.25) is 0 Å². The average molecular weight is 338 g/mol. The van der Waals surface area contributed by atoms with Gasteiger partial charge in [0.15, 0.2) is 0 Å². The number of aromatic amines is 1. The quantitative estimate of drug-likeness (QED) is 0.776. The van der Waals surface area contributed by atoms with Crippen LogP contribution < -0.4 is 0 Å². The number of piperazine rings is 1. The smallest absolute Gasteiger partial charge is 0.223 e. The third kappa shape index (κ3) is 3.74. The molecule has 2 aromatic heterocycles. The molecule has 0 radical (unpaired) electrons. The van der Waals surface area contributed by atoms with Crippen LogP contribution in [0.1, 0.15) is 17.9 Å². The van der Waals surface area contributed by atoms with Crippen molar-refractivity contribution in [1.29, 1.82) is 0 Å². The summed E-state index contributed by atoms with van der Waals surface area (Å²) in [5.74, 6) is 1.21. The summed E-state index contributed by atoms with van der Waals surface area (Å²) in [7, 11) is 0. The number of benzene rings is 1. The van der Waals surface area contributed by atoms with Crippen LogP contribution in [-0.4, -0.2) is 51.9 Å². The molecule has 0 saturated carbocycles. The molecule has 3 aromatic rings. The third-order valence-corrected chi connectivity index (χ3v) is 4.74. The van der Waals surface area contributed by atoms with Crippen LogP contribution in [0.4, 0.5) is 0 Å². The van der Waals surface area contributed by atoms with Crippen LogP contribution in [0.15, 0.2) is 47.3 Å². The summed E-state index contributed by atoms with van der Waals surface area (Å²) in [5, 5.41) is 1.14. The Hall–Kier alpha value is -2.60. The lowest BCUT2D eigenvalue weighted by Gasteiger charge is -2.34. The van der Waals surface area contributed by atoms with E-state index in [1.165, 1.54) is 0 Å². The molecule has 1 N–H and O–H groups in total. The van der Waals surface area contributed by atoms with Gasteiger partial charge in [-0.3, -0.25) is 9.69 Å². The first-order valence-electron chi connectivity index (χ1n) is 8.73. The number of nitrogens with zero attached hydrogens (tertiary/aromatic N) is 3. The number of aromatic nitrogens is 2. The number of carbonyl (C=O) groups is 1. The summed E-state index contributed by atoms with van der Waals surface area (Å²) >= 11 is 0. The normalized spacial score (nSPS) is 15.8. The number of para-hydroxylation sites is 1. The second kappa shape index (κ2) is 7.11. The first-order chi connectivity index (χ1) is 12.3. The van der Waals surface area contributed by atoms with Crippen molar-refractivity contribution in [3.63, 3.8) is 0 Å². The van der Waals surface area contributed by atoms with E-state index in [9.17, 15) is 4.79 Å². The van der Waals surface area contributed by atoms with Crippen LogP contribution >= 0.6 is 0 Å². The van der Waals surface area contributed by atoms with E-state index < -0.39 is 0 Å². The zero-order valence-corrected chi connectivity index (χ0v) is 14.1. The molecule has 130 valence electrons. The average Bonchev–Trinajstić information content (AvgIpc) is 3.29. The Labute approximate surface area is 146 Å². The summed E-state index contributed by atoms with van der Waals surface area (Å²) in [6, 6.07) is 10.2. The Morgan fingerprint density at radius 2 is 2.04 bits per heavy atom. The Kier molecular flexibility index (Phi) is 4.52. The van der Waals surface area contributed by atoms with E-state index in [-0.39, 0.29) is 5.91 Å². The van der Waals surface area contributed by atoms with Gasteiger partial charge in [0.1, 0.15) is 11.3 Å². The van der Waals surface area contributed by atoms with Gasteiger partial charge in [0.05, 0.1) is 12.9 Å². The lowest BCUT2D eigenvalue weighted by Crippen LogP contribution is -2.48. The number of hydrogen-bond acceptors (Lipinski definition) is 4. The number of hydrogen-bond donors (Lipinski definition) is 1. The number of fused-ring (bicyclic) bond motifs is 1. The molecular formula is C19H22N4O2. The molecule has 0 aliphatic carbocycles. The van der Waals surface area contributed by atoms with Crippen molar-refractivity contribution in [3.05, 3.63) is 54.3 Å². The van der Waals surface area contributed by atoms with E-state index in [1.807, 2.05) is 23.1 Å². The molecule has 1 aliphatic heterocycles. The van der Waals surface area contributed by atoms with Gasteiger partial charge in [-0.25, -0.2) is 4.98 Å². The van der Waals surface area contributed by atoms with Gasteiger partial charge in [0.2, 0.25) is 5.91 Å². The molecular weight excluding hydrogens is 316 g/mol. The fourth-order valence-corrected chi connectivity index (χ4v) is 3.31. The Balaban J connectivity index is 1.27. The van der Waals surface area contributed by atoms with E-state index in [4.69, 9.17) is 4.42 Å². The number of imidazole rings is 1. The lowest BCUT2D eigenvalue weighted by molar-refractivity contribution is -0.133. The fraction of sp³-hybridized carbons (Fsp3) is 0.368. The molecule has 1 fully saturated rings. The predicted octanol–water partition coefficient (Wildman–Crippen LogP) is 2.43. The van der Waals surface area contributed by atoms with Gasteiger partial charge in [0, 0.05) is 49.9 Å². The fourth-order valence-electron chi connectivity index (χ4n) is 3.31. The highest BCUT2D eigenvalue weighted by Crippen LogP contribution is 2.20. The summed E-state index contributed by atoms with van der Waals surface area (Å²) in [5.41, 5.74) is 1.95. The monoisotopic (exact) mass is 338 g/mol. The van der Waals surface area contributed by atoms with Crippen molar-refractivity contribution in [2.24, 2.45) is 0 Å². The van der Waals surface area contributed by atoms with E-state index in [0.29, 0.717) is 6.42 Å². The highest BCUT2D eigenvalue weighted by molar-refractivity contribution is 5.77. The molecule has 3 heterocycles. The van der Waals surface area contributed by atoms with Crippen molar-refractivity contribution in [2.45, 2.75) is 19.4 Å². The molecule has 0 spiro atoms. The van der Waals surface area contributed by atoms with Crippen molar-refractivity contribution in [3.8, 4) is 0 Å². The van der Waals surface area contributed by atoms with Crippen molar-refractivity contribution in [1.82, 2.24) is 19.8 Å². The number of amides is 1. The molecule has 6 nitrogen and oxygen atoms in total. The van der Waals surface area contributed by atoms with Gasteiger partial charge >= 0.3 is 0 Å². The molecule has 0 unspecified atom stereocenters. The SMILES string of the molecule is O=C(CCc1cnc[nH]1)N1CCN(Cc2cc3ccccc3o2)CC1. The molecule has 0 bridgehead atoms. The molecule has 4 rings (SSSR count). The number of aryl methyl sites for hydroxylation is 1. The third-order valence-electron chi connectivity index (χ3n) is 4.74. The first-order valence-corrected chi connectivity index (χ1v) is 8.73. The van der Waals surface area contributed by atoms with Crippen molar-refractivity contribution in [2.75, 3.05) is 26.2 Å². The van der Waals surface area contributed by atoms with E-state index in [2.05, 4.69) is 27.0 Å². The first kappa shape index (κ1) is 15.9. The van der Waals surface area contributed by atoms with Crippen molar-refractivity contribution < 1.29 is 9.21 Å². The minimum absolute atomic E-state index is 0.220. The maximum absolute atomic E-state index is 12.3. The van der Waals surface area contributed by atoms with E-state index in [0.717, 1.165) is 61.6 Å². The summed E-state index contributed by atoms with van der Waals surface area (Å²) < 4.78 is 5.89. The summed E-state index contributed by atoms with van der Waals surface area (Å²) in [4.78, 5) is 23.7. The molecule has 0 atom stereocenters. The van der Waals surface area contributed by atoms with Gasteiger partial charge in [-0.15, -0.1) is 0 Å². The van der Waals surface area contributed by atoms with Crippen LogP contribution in [0.3, 0.4) is 0 Å². The molecule has 25 heavy (non-hydrogen) atoms. The second-order valence-corrected chi connectivity index (χ2v) is 6.48. The minimum atomic E-state index is 0.220. The van der Waals surface area contributed by atoms with Crippen LogP contribution in [0, 0.1) is 0 Å². The van der Waals surface area contributed by atoms with Crippen LogP contribution in [0.5, 0.6) is 0 Å². The lowest BCUT2D eigenvalue weighted by atomic mass is 10.2. The number of furan rings is 1. The second-order valence-electron chi connectivity index (χ2n) is 6.48. The zero-order chi connectivity index (χ0) is 17.1. The van der Waals surface area contributed by atoms with Gasteiger partial charge in [0.25, 0.3) is 0 Å². The number of carbonyl (C=O) groups excluding carboxylic acids is 1. The highest BCUT2D eigenvalue weighted by Gasteiger charge is 2.21. The topological polar surface area (TPSA) is 65.4 Å². The van der Waals surface area contributed by atoms with Gasteiger partial charge in [-0.05, 0) is 18.6 Å². The molecule has 1 saturated heterocycles. The minimum Gasteiger partial charge on any atom is -0.460 e. The summed E-state index contributed by atoms with van der Waals surface area (Å²) in [6.45, 7) is 4.12. The number of H-pyrrole nitrogens is 1. The highest BCUT2D eigenvalue weighted by atomic mass is 16.3. The van der Waals surface area contributed by atoms with Crippen LogP contribution in [0.25, 0.3) is 11.0 Å². The Morgan fingerprint density at radius 3 is 2.80 bits per heavy atom. The molecule has 1 aromatic carbocycles. The van der Waals surface area contributed by atoms with E-state index in [1.54, 1.807) is 12.5 Å². The maximum Gasteiger partial charge on any atom is 0.223 e. The zero-order valence-electron chi connectivity index (χ0n) is 14.1. The predicted molar refractivity (Wildman–Crippen MR) is 95.0 cm³/mol. The number of nitrogens with one attached hydrogen (secondary N) is 1. The Morgan fingerprint density at radius 1 is 1.20 bits per heavy atom. The standard InChI is InChI=1S/C19H22N4O2/c24-19(6-5-16-12-20-14-21-16)23-9-7-22(8-10-23)13-17-11-15-3-1-2-4-18(15)25-17/h1-4,11-12,14H,5-10,13H2,(H,20,21). The van der Waals surface area contributed by atoms with E-state index >= 15 is 0 Å². The van der Waals surface area contributed by atoms with Crippen LogP contribution in [-0.2, 0) is 17.8 Å². The van der Waals surface area contributed by atoms with Crippen molar-refractivity contribution >= 4 is 16.9 Å². The molecule has 1 amide bonds. The van der Waals surface area contributed by atoms with Gasteiger partial charge in [-0.1, -0.05) is 18.2 Å². The summed E-state index contributed by atoms with van der Waals surface area (Å²) in [6.07, 6.45) is 4.68. The molecule has 1 aliphatic rings. The Bertz CT molecular complexity index is 799. The maximum atomic E-state index is 12.3. The van der Waals surface area contributed by atoms with Gasteiger partial charge < -0.3 is 14.3 Å². The largest absolute Gasteiger partial charge is 0.460 e. The number of rotatable bonds is 5.